The van der Waals surface area contributed by atoms with Crippen LogP contribution >= 0.6 is 0 Å². The van der Waals surface area contributed by atoms with Gasteiger partial charge in [0.2, 0.25) is 0 Å². The Balaban J connectivity index is 1.67. The van der Waals surface area contributed by atoms with Gasteiger partial charge in [-0.15, -0.1) is 0 Å². The van der Waals surface area contributed by atoms with E-state index in [1.165, 1.54) is 11.6 Å². The number of carbonyl (C=O) groups is 1. The molecule has 0 amide bonds. The molecule has 0 aliphatic carbocycles. The standard InChI is InChI=1S/C25H25NO2/c1-25(2,3)20-15-13-19(14-16-20)23(27)17-18-26-22-11-7-8-12-24(22)28-21-9-5-4-6-10-21/h4-18,26H,1-3H3. The Morgan fingerprint density at radius 3 is 2.18 bits per heavy atom. The lowest BCUT2D eigenvalue weighted by molar-refractivity contribution is 0.104. The van der Waals surface area contributed by atoms with Gasteiger partial charge in [0, 0.05) is 17.8 Å². The molecule has 0 aliphatic heterocycles. The highest BCUT2D eigenvalue weighted by molar-refractivity contribution is 6.04. The average molecular weight is 371 g/mol. The van der Waals surface area contributed by atoms with Gasteiger partial charge in [0.1, 0.15) is 5.75 Å². The second-order valence-electron chi connectivity index (χ2n) is 7.58. The lowest BCUT2D eigenvalue weighted by Gasteiger charge is -2.18. The van der Waals surface area contributed by atoms with E-state index in [2.05, 4.69) is 26.1 Å². The first-order chi connectivity index (χ1) is 13.4. The largest absolute Gasteiger partial charge is 0.455 e. The van der Waals surface area contributed by atoms with E-state index in [1.54, 1.807) is 6.20 Å². The molecule has 0 radical (unpaired) electrons. The summed E-state index contributed by atoms with van der Waals surface area (Å²) in [5.41, 5.74) is 2.73. The Morgan fingerprint density at radius 2 is 1.50 bits per heavy atom. The summed E-state index contributed by atoms with van der Waals surface area (Å²) in [6, 6.07) is 25.0. The fourth-order valence-corrected chi connectivity index (χ4v) is 2.73. The van der Waals surface area contributed by atoms with Crippen molar-refractivity contribution in [3.8, 4) is 11.5 Å². The van der Waals surface area contributed by atoms with Crippen LogP contribution in [0.3, 0.4) is 0 Å². The molecule has 28 heavy (non-hydrogen) atoms. The van der Waals surface area contributed by atoms with E-state index in [9.17, 15) is 4.79 Å². The first-order valence-corrected chi connectivity index (χ1v) is 9.33. The van der Waals surface area contributed by atoms with Gasteiger partial charge in [-0.1, -0.05) is 75.4 Å². The van der Waals surface area contributed by atoms with Gasteiger partial charge in [0.15, 0.2) is 11.5 Å². The molecule has 3 rings (SSSR count). The molecule has 0 aromatic heterocycles. The lowest BCUT2D eigenvalue weighted by atomic mass is 9.86. The van der Waals surface area contributed by atoms with Crippen LogP contribution in [0.2, 0.25) is 0 Å². The second kappa shape index (κ2) is 8.57. The summed E-state index contributed by atoms with van der Waals surface area (Å²) < 4.78 is 5.92. The van der Waals surface area contributed by atoms with Crippen LogP contribution in [0, 0.1) is 0 Å². The van der Waals surface area contributed by atoms with Crippen LogP contribution in [-0.2, 0) is 5.41 Å². The summed E-state index contributed by atoms with van der Waals surface area (Å²) >= 11 is 0. The summed E-state index contributed by atoms with van der Waals surface area (Å²) in [5, 5.41) is 3.14. The third-order valence-corrected chi connectivity index (χ3v) is 4.37. The molecule has 0 saturated carbocycles. The summed E-state index contributed by atoms with van der Waals surface area (Å²) in [6.07, 6.45) is 3.18. The fraction of sp³-hybridized carbons (Fsp3) is 0.160. The first kappa shape index (κ1) is 19.4. The molecule has 0 heterocycles. The van der Waals surface area contributed by atoms with Crippen LogP contribution in [0.25, 0.3) is 0 Å². The minimum Gasteiger partial charge on any atom is -0.455 e. The molecule has 0 unspecified atom stereocenters. The normalized spacial score (nSPS) is 11.4. The van der Waals surface area contributed by atoms with E-state index in [1.807, 2.05) is 78.9 Å². The molecule has 0 spiro atoms. The van der Waals surface area contributed by atoms with Crippen molar-refractivity contribution in [1.82, 2.24) is 0 Å². The topological polar surface area (TPSA) is 38.3 Å². The van der Waals surface area contributed by atoms with Gasteiger partial charge in [-0.2, -0.15) is 0 Å². The van der Waals surface area contributed by atoms with E-state index >= 15 is 0 Å². The molecule has 3 nitrogen and oxygen atoms in total. The quantitative estimate of drug-likeness (QED) is 0.392. The maximum atomic E-state index is 12.4. The number of hydrogen-bond acceptors (Lipinski definition) is 3. The summed E-state index contributed by atoms with van der Waals surface area (Å²) in [7, 11) is 0. The molecule has 3 heteroatoms. The van der Waals surface area contributed by atoms with Gasteiger partial charge < -0.3 is 10.1 Å². The Hall–Kier alpha value is -3.33. The third-order valence-electron chi connectivity index (χ3n) is 4.37. The molecule has 3 aromatic rings. The van der Waals surface area contributed by atoms with Crippen molar-refractivity contribution in [2.45, 2.75) is 26.2 Å². The zero-order valence-corrected chi connectivity index (χ0v) is 16.5. The number of carbonyl (C=O) groups excluding carboxylic acids is 1. The third kappa shape index (κ3) is 5.10. The number of allylic oxidation sites excluding steroid dienone is 1. The van der Waals surface area contributed by atoms with E-state index in [0.29, 0.717) is 11.3 Å². The Morgan fingerprint density at radius 1 is 0.857 bits per heavy atom. The number of ether oxygens (including phenoxy) is 1. The molecule has 1 N–H and O–H groups in total. The molecule has 3 aromatic carbocycles. The molecule has 0 aliphatic rings. The van der Waals surface area contributed by atoms with Crippen molar-refractivity contribution < 1.29 is 9.53 Å². The highest BCUT2D eigenvalue weighted by Crippen LogP contribution is 2.29. The molecule has 0 bridgehead atoms. The number of para-hydroxylation sites is 3. The maximum absolute atomic E-state index is 12.4. The van der Waals surface area contributed by atoms with Gasteiger partial charge in [0.25, 0.3) is 0 Å². The molecule has 0 fully saturated rings. The Labute approximate surface area is 166 Å². The van der Waals surface area contributed by atoms with E-state index in [-0.39, 0.29) is 11.2 Å². The minimum absolute atomic E-state index is 0.0468. The highest BCUT2D eigenvalue weighted by atomic mass is 16.5. The van der Waals surface area contributed by atoms with Gasteiger partial charge >= 0.3 is 0 Å². The van der Waals surface area contributed by atoms with Gasteiger partial charge in [0.05, 0.1) is 5.69 Å². The van der Waals surface area contributed by atoms with Crippen molar-refractivity contribution in [3.63, 3.8) is 0 Å². The number of hydrogen-bond donors (Lipinski definition) is 1. The predicted octanol–water partition coefficient (Wildman–Crippen LogP) is 6.58. The van der Waals surface area contributed by atoms with Crippen molar-refractivity contribution in [2.75, 3.05) is 5.32 Å². The molecule has 0 saturated heterocycles. The first-order valence-electron chi connectivity index (χ1n) is 9.33. The van der Waals surface area contributed by atoms with Crippen molar-refractivity contribution in [3.05, 3.63) is 102 Å². The molecular weight excluding hydrogens is 346 g/mol. The Kier molecular flexibility index (Phi) is 5.95. The van der Waals surface area contributed by atoms with Crippen molar-refractivity contribution >= 4 is 11.5 Å². The van der Waals surface area contributed by atoms with Crippen LogP contribution < -0.4 is 10.1 Å². The monoisotopic (exact) mass is 371 g/mol. The number of rotatable bonds is 6. The average Bonchev–Trinajstić information content (AvgIpc) is 2.69. The zero-order chi connectivity index (χ0) is 20.0. The van der Waals surface area contributed by atoms with Crippen LogP contribution in [0.5, 0.6) is 11.5 Å². The second-order valence-corrected chi connectivity index (χ2v) is 7.58. The van der Waals surface area contributed by atoms with Crippen LogP contribution in [0.4, 0.5) is 5.69 Å². The predicted molar refractivity (Wildman–Crippen MR) is 115 cm³/mol. The fourth-order valence-electron chi connectivity index (χ4n) is 2.73. The molecule has 142 valence electrons. The van der Waals surface area contributed by atoms with Crippen molar-refractivity contribution in [1.29, 1.82) is 0 Å². The van der Waals surface area contributed by atoms with Gasteiger partial charge in [-0.05, 0) is 35.2 Å². The van der Waals surface area contributed by atoms with Crippen molar-refractivity contribution in [2.24, 2.45) is 0 Å². The summed E-state index contributed by atoms with van der Waals surface area (Å²) in [5.74, 6) is 1.41. The van der Waals surface area contributed by atoms with Crippen LogP contribution in [0.15, 0.2) is 91.1 Å². The van der Waals surface area contributed by atoms with Gasteiger partial charge in [-0.3, -0.25) is 4.79 Å². The number of nitrogens with one attached hydrogen (secondary N) is 1. The van der Waals surface area contributed by atoms with Crippen LogP contribution in [-0.4, -0.2) is 5.78 Å². The summed E-state index contributed by atoms with van der Waals surface area (Å²) in [4.78, 5) is 12.4. The van der Waals surface area contributed by atoms with E-state index < -0.39 is 0 Å². The molecule has 0 atom stereocenters. The van der Waals surface area contributed by atoms with Gasteiger partial charge in [-0.25, -0.2) is 0 Å². The number of anilines is 1. The number of ketones is 1. The van der Waals surface area contributed by atoms with Crippen LogP contribution in [0.1, 0.15) is 36.7 Å². The smallest absolute Gasteiger partial charge is 0.187 e. The number of benzene rings is 3. The summed E-state index contributed by atoms with van der Waals surface area (Å²) in [6.45, 7) is 6.47. The van der Waals surface area contributed by atoms with E-state index in [4.69, 9.17) is 4.74 Å². The SMILES string of the molecule is CC(C)(C)c1ccc(C(=O)C=CNc2ccccc2Oc2ccccc2)cc1. The molecular formula is C25H25NO2. The minimum atomic E-state index is -0.0468. The lowest BCUT2D eigenvalue weighted by Crippen LogP contribution is -2.11. The highest BCUT2D eigenvalue weighted by Gasteiger charge is 2.13. The van der Waals surface area contributed by atoms with E-state index in [0.717, 1.165) is 11.4 Å². The zero-order valence-electron chi connectivity index (χ0n) is 16.5. The maximum Gasteiger partial charge on any atom is 0.187 e. The Bertz CT molecular complexity index is 952.